The third-order valence-electron chi connectivity index (χ3n) is 9.04. The van der Waals surface area contributed by atoms with Crippen LogP contribution >= 0.6 is 0 Å². The molecule has 3 fully saturated rings. The van der Waals surface area contributed by atoms with Crippen LogP contribution in [0, 0.1) is 5.41 Å². The molecule has 3 saturated carbocycles. The number of ether oxygens (including phenoxy) is 1. The Hall–Kier alpha value is -2.49. The lowest BCUT2D eigenvalue weighted by molar-refractivity contribution is -0.129. The molecule has 0 amide bonds. The van der Waals surface area contributed by atoms with E-state index in [1.165, 1.54) is 102 Å². The van der Waals surface area contributed by atoms with Crippen LogP contribution in [0.25, 0.3) is 11.4 Å². The molecule has 2 aromatic rings. The lowest BCUT2D eigenvalue weighted by atomic mass is 9.51. The number of carbonyl (C=O) groups excluding carboxylic acids is 1. The molecular weight excluding hydrogens is 456 g/mol. The van der Waals surface area contributed by atoms with E-state index in [4.69, 9.17) is 4.74 Å². The second-order valence-electron chi connectivity index (χ2n) is 11.6. The molecule has 0 unspecified atom stereocenters. The molecule has 1 heterocycles. The lowest BCUT2D eigenvalue weighted by Crippen LogP contribution is -2.44. The van der Waals surface area contributed by atoms with Crippen molar-refractivity contribution in [2.75, 3.05) is 0 Å². The Labute approximate surface area is 224 Å². The van der Waals surface area contributed by atoms with Gasteiger partial charge in [-0.2, -0.15) is 0 Å². The zero-order chi connectivity index (χ0) is 26.0. The van der Waals surface area contributed by atoms with Crippen molar-refractivity contribution >= 4 is 5.97 Å². The monoisotopic (exact) mass is 502 g/mol. The summed E-state index contributed by atoms with van der Waals surface area (Å²) >= 11 is 0. The summed E-state index contributed by atoms with van der Waals surface area (Å²) in [6, 6.07) is 8.93. The van der Waals surface area contributed by atoms with E-state index in [1.807, 2.05) is 6.08 Å². The summed E-state index contributed by atoms with van der Waals surface area (Å²) in [5.41, 5.74) is 3.49. The molecule has 5 rings (SSSR count). The van der Waals surface area contributed by atoms with Crippen LogP contribution in [0.4, 0.5) is 0 Å². The first-order valence-electron chi connectivity index (χ1n) is 14.9. The van der Waals surface area contributed by atoms with Gasteiger partial charge >= 0.3 is 5.97 Å². The predicted molar refractivity (Wildman–Crippen MR) is 152 cm³/mol. The average molecular weight is 503 g/mol. The zero-order valence-corrected chi connectivity index (χ0v) is 23.1. The van der Waals surface area contributed by atoms with Gasteiger partial charge in [-0.25, -0.2) is 14.8 Å². The second-order valence-corrected chi connectivity index (χ2v) is 11.6. The number of hydrogen-bond donors (Lipinski definition) is 0. The van der Waals surface area contributed by atoms with E-state index >= 15 is 0 Å². The second kappa shape index (κ2) is 13.3. The Kier molecular flexibility index (Phi) is 9.94. The van der Waals surface area contributed by atoms with E-state index in [2.05, 4.69) is 48.1 Å². The number of rotatable bonds is 14. The lowest BCUT2D eigenvalue weighted by Gasteiger charge is -2.54. The van der Waals surface area contributed by atoms with Gasteiger partial charge in [-0.3, -0.25) is 0 Å². The molecule has 37 heavy (non-hydrogen) atoms. The number of fused-ring (bicyclic) bond motifs is 3. The standard InChI is InChI=1S/C33H46N2O2/c1-3-5-7-9-11-13-30(36)37-29-25-34-31(35-26-29)27-14-16-28(17-15-27)33-22-19-32(20-23-33,21-24-33)18-12-10-8-6-4-2/h11,13-17,25-26H,3-10,12,18-24H2,1-2H3/b13-11+. The van der Waals surface area contributed by atoms with E-state index in [9.17, 15) is 4.79 Å². The highest BCUT2D eigenvalue weighted by Gasteiger charge is 2.48. The van der Waals surface area contributed by atoms with Gasteiger partial charge in [0, 0.05) is 11.6 Å². The van der Waals surface area contributed by atoms with Crippen molar-refractivity contribution < 1.29 is 9.53 Å². The van der Waals surface area contributed by atoms with E-state index in [-0.39, 0.29) is 5.97 Å². The maximum atomic E-state index is 12.0. The Bertz CT molecular complexity index is 985. The first-order chi connectivity index (χ1) is 18.1. The van der Waals surface area contributed by atoms with Crippen LogP contribution in [0.15, 0.2) is 48.8 Å². The van der Waals surface area contributed by atoms with E-state index in [1.54, 1.807) is 12.4 Å². The molecule has 0 saturated heterocycles. The predicted octanol–water partition coefficient (Wildman–Crippen LogP) is 9.14. The van der Waals surface area contributed by atoms with Crippen LogP contribution in [0.3, 0.4) is 0 Å². The van der Waals surface area contributed by atoms with Crippen LogP contribution in [0.2, 0.25) is 0 Å². The van der Waals surface area contributed by atoms with Gasteiger partial charge < -0.3 is 4.74 Å². The number of aromatic nitrogens is 2. The van der Waals surface area contributed by atoms with E-state index in [0.29, 0.717) is 22.4 Å². The summed E-state index contributed by atoms with van der Waals surface area (Å²) < 4.78 is 5.34. The van der Waals surface area contributed by atoms with Crippen LogP contribution in [0.1, 0.15) is 122 Å². The van der Waals surface area contributed by atoms with Gasteiger partial charge in [-0.15, -0.1) is 0 Å². The molecule has 3 aliphatic carbocycles. The fourth-order valence-corrected chi connectivity index (χ4v) is 6.51. The number of nitrogens with zero attached hydrogens (tertiary/aromatic N) is 2. The summed E-state index contributed by atoms with van der Waals surface area (Å²) in [7, 11) is 0. The number of hydrogen-bond acceptors (Lipinski definition) is 4. The van der Waals surface area contributed by atoms with Crippen molar-refractivity contribution in [2.24, 2.45) is 5.41 Å². The molecule has 1 aromatic heterocycles. The third-order valence-corrected chi connectivity index (χ3v) is 9.04. The molecule has 0 radical (unpaired) electrons. The fourth-order valence-electron chi connectivity index (χ4n) is 6.51. The Morgan fingerprint density at radius 2 is 1.46 bits per heavy atom. The number of allylic oxidation sites excluding steroid dienone is 1. The van der Waals surface area contributed by atoms with Gasteiger partial charge in [0.1, 0.15) is 0 Å². The Morgan fingerprint density at radius 1 is 0.838 bits per heavy atom. The highest BCUT2D eigenvalue weighted by molar-refractivity contribution is 5.83. The van der Waals surface area contributed by atoms with Crippen molar-refractivity contribution in [3.63, 3.8) is 0 Å². The quantitative estimate of drug-likeness (QED) is 0.147. The molecule has 0 aliphatic heterocycles. The maximum Gasteiger partial charge on any atom is 0.335 e. The van der Waals surface area contributed by atoms with Gasteiger partial charge in [-0.1, -0.05) is 89.1 Å². The smallest absolute Gasteiger partial charge is 0.335 e. The minimum atomic E-state index is -0.378. The normalized spacial score (nSPS) is 23.0. The summed E-state index contributed by atoms with van der Waals surface area (Å²) in [6.45, 7) is 4.46. The first-order valence-corrected chi connectivity index (χ1v) is 14.9. The minimum Gasteiger partial charge on any atom is -0.420 e. The molecule has 2 bridgehead atoms. The highest BCUT2D eigenvalue weighted by Crippen LogP contribution is 2.59. The van der Waals surface area contributed by atoms with Crippen LogP contribution in [0.5, 0.6) is 5.75 Å². The number of benzene rings is 1. The van der Waals surface area contributed by atoms with Crippen molar-refractivity contribution in [1.29, 1.82) is 0 Å². The fraction of sp³-hybridized carbons (Fsp3) is 0.606. The van der Waals surface area contributed by atoms with Crippen LogP contribution in [-0.4, -0.2) is 15.9 Å². The SMILES string of the molecule is CCCCC/C=C/C(=O)Oc1cnc(-c2ccc(C34CCC(CCCCCCC)(CC3)CC4)cc2)nc1. The number of carbonyl (C=O) groups is 1. The van der Waals surface area contributed by atoms with Crippen molar-refractivity contribution in [3.8, 4) is 17.1 Å². The van der Waals surface area contributed by atoms with Gasteiger partial charge in [0.25, 0.3) is 0 Å². The van der Waals surface area contributed by atoms with Crippen molar-refractivity contribution in [1.82, 2.24) is 9.97 Å². The minimum absolute atomic E-state index is 0.367. The Morgan fingerprint density at radius 3 is 2.11 bits per heavy atom. The molecule has 0 atom stereocenters. The number of esters is 1. The summed E-state index contributed by atoms with van der Waals surface area (Å²) in [5, 5.41) is 0. The highest BCUT2D eigenvalue weighted by atomic mass is 16.5. The number of unbranched alkanes of at least 4 members (excludes halogenated alkanes) is 7. The summed E-state index contributed by atoms with van der Waals surface area (Å²) in [6.07, 6.45) is 27.5. The van der Waals surface area contributed by atoms with Crippen molar-refractivity contribution in [2.45, 2.75) is 122 Å². The average Bonchev–Trinajstić information content (AvgIpc) is 2.94. The van der Waals surface area contributed by atoms with Gasteiger partial charge in [-0.05, 0) is 74.2 Å². The van der Waals surface area contributed by atoms with Gasteiger partial charge in [0.15, 0.2) is 11.6 Å². The molecule has 3 aliphatic rings. The Balaban J connectivity index is 1.28. The summed E-state index contributed by atoms with van der Waals surface area (Å²) in [5.74, 6) is 0.658. The largest absolute Gasteiger partial charge is 0.420 e. The van der Waals surface area contributed by atoms with Crippen LogP contribution in [-0.2, 0) is 10.2 Å². The van der Waals surface area contributed by atoms with E-state index in [0.717, 1.165) is 18.4 Å². The van der Waals surface area contributed by atoms with Gasteiger partial charge in [0.05, 0.1) is 12.4 Å². The topological polar surface area (TPSA) is 52.1 Å². The molecule has 4 nitrogen and oxygen atoms in total. The van der Waals surface area contributed by atoms with Crippen molar-refractivity contribution in [3.05, 3.63) is 54.4 Å². The zero-order valence-electron chi connectivity index (χ0n) is 23.1. The first kappa shape index (κ1) is 27.5. The molecule has 0 N–H and O–H groups in total. The molecule has 200 valence electrons. The van der Waals surface area contributed by atoms with E-state index < -0.39 is 0 Å². The maximum absolute atomic E-state index is 12.0. The van der Waals surface area contributed by atoms with Crippen LogP contribution < -0.4 is 4.74 Å². The molecule has 0 spiro atoms. The molecular formula is C33H46N2O2. The van der Waals surface area contributed by atoms with Gasteiger partial charge in [0.2, 0.25) is 0 Å². The summed E-state index contributed by atoms with van der Waals surface area (Å²) in [4.78, 5) is 20.9. The third kappa shape index (κ3) is 7.30. The molecule has 4 heteroatoms. The molecule has 1 aromatic carbocycles.